The summed E-state index contributed by atoms with van der Waals surface area (Å²) < 4.78 is 40.0. The van der Waals surface area contributed by atoms with E-state index in [2.05, 4.69) is 5.92 Å². The fraction of sp³-hybridized carbons (Fsp3) is 0.778. The lowest BCUT2D eigenvalue weighted by molar-refractivity contribution is -0.186. The third kappa shape index (κ3) is 3.27. The molecule has 0 aromatic carbocycles. The van der Waals surface area contributed by atoms with Crippen LogP contribution in [-0.4, -0.2) is 18.9 Å². The van der Waals surface area contributed by atoms with Crippen molar-refractivity contribution in [3.63, 3.8) is 0 Å². The van der Waals surface area contributed by atoms with Crippen LogP contribution in [0.4, 0.5) is 13.2 Å². The molecular weight excluding hydrogens is 181 g/mol. The van der Waals surface area contributed by atoms with Gasteiger partial charge in [0.2, 0.25) is 0 Å². The predicted octanol–water partition coefficient (Wildman–Crippen LogP) is 2.37. The zero-order valence-corrected chi connectivity index (χ0v) is 7.10. The molecule has 4 heteroatoms. The van der Waals surface area contributed by atoms with Crippen LogP contribution in [-0.2, 0) is 4.74 Å². The summed E-state index contributed by atoms with van der Waals surface area (Å²) in [6.07, 6.45) is 2.79. The van der Waals surface area contributed by atoms with E-state index in [1.807, 2.05) is 0 Å². The first-order chi connectivity index (χ1) is 6.03. The Morgan fingerprint density at radius 2 is 2.08 bits per heavy atom. The molecule has 0 radical (unpaired) electrons. The van der Waals surface area contributed by atoms with Crippen molar-refractivity contribution in [1.29, 1.82) is 0 Å². The Labute approximate surface area is 75.3 Å². The molecule has 2 unspecified atom stereocenters. The zero-order valence-electron chi connectivity index (χ0n) is 7.10. The van der Waals surface area contributed by atoms with Crippen LogP contribution in [0.2, 0.25) is 0 Å². The molecule has 1 rings (SSSR count). The Balaban J connectivity index is 2.33. The van der Waals surface area contributed by atoms with Crippen molar-refractivity contribution in [3.05, 3.63) is 0 Å². The van der Waals surface area contributed by atoms with Crippen molar-refractivity contribution in [2.75, 3.05) is 6.61 Å². The first-order valence-electron chi connectivity index (χ1n) is 4.17. The minimum absolute atomic E-state index is 0.137. The molecule has 0 amide bonds. The van der Waals surface area contributed by atoms with E-state index in [0.717, 1.165) is 12.8 Å². The molecule has 1 aliphatic carbocycles. The van der Waals surface area contributed by atoms with E-state index in [0.29, 0.717) is 6.42 Å². The molecule has 0 spiro atoms. The van der Waals surface area contributed by atoms with Crippen molar-refractivity contribution in [1.82, 2.24) is 0 Å². The highest BCUT2D eigenvalue weighted by Gasteiger charge is 2.33. The monoisotopic (exact) mass is 192 g/mol. The van der Waals surface area contributed by atoms with Gasteiger partial charge in [-0.15, -0.1) is 12.3 Å². The summed E-state index contributed by atoms with van der Waals surface area (Å²) in [7, 11) is 0. The minimum atomic E-state index is -4.25. The summed E-state index contributed by atoms with van der Waals surface area (Å²) in [6.45, 7) is -1.18. The molecular formula is C9H11F3O. The molecule has 2 atom stereocenters. The fourth-order valence-electron chi connectivity index (χ4n) is 1.52. The molecule has 74 valence electrons. The van der Waals surface area contributed by atoms with E-state index in [1.54, 1.807) is 0 Å². The Bertz CT molecular complexity index is 204. The van der Waals surface area contributed by atoms with Gasteiger partial charge in [-0.25, -0.2) is 0 Å². The summed E-state index contributed by atoms with van der Waals surface area (Å²) in [6, 6.07) is 0. The normalized spacial score (nSPS) is 28.8. The molecule has 1 nitrogen and oxygen atoms in total. The van der Waals surface area contributed by atoms with E-state index in [9.17, 15) is 13.2 Å². The molecule has 0 heterocycles. The smallest absolute Gasteiger partial charge is 0.368 e. The van der Waals surface area contributed by atoms with Gasteiger partial charge in [0, 0.05) is 5.92 Å². The van der Waals surface area contributed by atoms with E-state index in [4.69, 9.17) is 11.2 Å². The van der Waals surface area contributed by atoms with Gasteiger partial charge in [0.15, 0.2) is 0 Å². The van der Waals surface area contributed by atoms with Gasteiger partial charge in [0.1, 0.15) is 6.61 Å². The van der Waals surface area contributed by atoms with Gasteiger partial charge in [0.25, 0.3) is 0 Å². The Hall–Kier alpha value is -0.690. The third-order valence-corrected chi connectivity index (χ3v) is 2.13. The lowest BCUT2D eigenvalue weighted by Gasteiger charge is -2.16. The van der Waals surface area contributed by atoms with Gasteiger partial charge in [-0.05, 0) is 19.3 Å². The molecule has 0 N–H and O–H groups in total. The Morgan fingerprint density at radius 3 is 2.62 bits per heavy atom. The Kier molecular flexibility index (Phi) is 3.21. The second-order valence-corrected chi connectivity index (χ2v) is 3.17. The van der Waals surface area contributed by atoms with Crippen molar-refractivity contribution in [3.8, 4) is 12.3 Å². The van der Waals surface area contributed by atoms with Crippen LogP contribution in [0.3, 0.4) is 0 Å². The number of alkyl halides is 3. The van der Waals surface area contributed by atoms with Gasteiger partial charge in [0.05, 0.1) is 6.10 Å². The third-order valence-electron chi connectivity index (χ3n) is 2.13. The van der Waals surface area contributed by atoms with Crippen LogP contribution in [0.5, 0.6) is 0 Å². The quantitative estimate of drug-likeness (QED) is 0.610. The van der Waals surface area contributed by atoms with E-state index in [-0.39, 0.29) is 5.92 Å². The van der Waals surface area contributed by atoms with E-state index < -0.39 is 18.9 Å². The van der Waals surface area contributed by atoms with Gasteiger partial charge in [-0.1, -0.05) is 0 Å². The van der Waals surface area contributed by atoms with Crippen LogP contribution in [0.15, 0.2) is 0 Å². The maximum absolute atomic E-state index is 11.8. The number of hydrogen-bond donors (Lipinski definition) is 0. The van der Waals surface area contributed by atoms with Crippen molar-refractivity contribution < 1.29 is 17.9 Å². The van der Waals surface area contributed by atoms with Gasteiger partial charge in [-0.2, -0.15) is 13.2 Å². The van der Waals surface area contributed by atoms with E-state index in [1.165, 1.54) is 0 Å². The second kappa shape index (κ2) is 4.01. The maximum Gasteiger partial charge on any atom is 0.411 e. The highest BCUT2D eigenvalue weighted by atomic mass is 19.4. The van der Waals surface area contributed by atoms with Crippen LogP contribution in [0.25, 0.3) is 0 Å². The molecule has 13 heavy (non-hydrogen) atoms. The standard InChI is InChI=1S/C9H11F3O/c1-2-7-4-3-5-8(7)13-6-9(10,11)12/h1,7-8H,3-6H2. The average Bonchev–Trinajstić information content (AvgIpc) is 2.46. The van der Waals surface area contributed by atoms with Crippen LogP contribution in [0, 0.1) is 18.3 Å². The number of halogens is 3. The van der Waals surface area contributed by atoms with Crippen LogP contribution >= 0.6 is 0 Å². The summed E-state index contributed by atoms with van der Waals surface area (Å²) in [5, 5.41) is 0. The molecule has 0 aromatic rings. The van der Waals surface area contributed by atoms with E-state index >= 15 is 0 Å². The van der Waals surface area contributed by atoms with Gasteiger partial charge in [-0.3, -0.25) is 0 Å². The molecule has 0 saturated heterocycles. The topological polar surface area (TPSA) is 9.23 Å². The zero-order chi connectivity index (χ0) is 9.90. The second-order valence-electron chi connectivity index (χ2n) is 3.17. The van der Waals surface area contributed by atoms with Gasteiger partial charge >= 0.3 is 6.18 Å². The van der Waals surface area contributed by atoms with Crippen LogP contribution in [0.1, 0.15) is 19.3 Å². The maximum atomic E-state index is 11.8. The SMILES string of the molecule is C#CC1CCCC1OCC(F)(F)F. The summed E-state index contributed by atoms with van der Waals surface area (Å²) in [4.78, 5) is 0. The Morgan fingerprint density at radius 1 is 1.38 bits per heavy atom. The first-order valence-corrected chi connectivity index (χ1v) is 4.17. The summed E-state index contributed by atoms with van der Waals surface area (Å²) in [5.41, 5.74) is 0. The van der Waals surface area contributed by atoms with Gasteiger partial charge < -0.3 is 4.74 Å². The lowest BCUT2D eigenvalue weighted by atomic mass is 10.1. The molecule has 0 aromatic heterocycles. The summed E-state index contributed by atoms with van der Waals surface area (Å²) >= 11 is 0. The molecule has 1 aliphatic rings. The average molecular weight is 192 g/mol. The molecule has 1 fully saturated rings. The number of terminal acetylenes is 1. The van der Waals surface area contributed by atoms with Crippen molar-refractivity contribution in [2.45, 2.75) is 31.5 Å². The molecule has 1 saturated carbocycles. The highest BCUT2D eigenvalue weighted by molar-refractivity contribution is 5.00. The molecule has 0 bridgehead atoms. The number of rotatable bonds is 2. The predicted molar refractivity (Wildman–Crippen MR) is 42.0 cm³/mol. The number of ether oxygens (including phenoxy) is 1. The minimum Gasteiger partial charge on any atom is -0.368 e. The fourth-order valence-corrected chi connectivity index (χ4v) is 1.52. The molecule has 0 aliphatic heterocycles. The van der Waals surface area contributed by atoms with Crippen LogP contribution < -0.4 is 0 Å². The summed E-state index contributed by atoms with van der Waals surface area (Å²) in [5.74, 6) is 2.32. The number of hydrogen-bond acceptors (Lipinski definition) is 1. The first kappa shape index (κ1) is 10.4. The largest absolute Gasteiger partial charge is 0.411 e. The van der Waals surface area contributed by atoms with Crippen molar-refractivity contribution in [2.24, 2.45) is 5.92 Å². The lowest BCUT2D eigenvalue weighted by Crippen LogP contribution is -2.25. The highest BCUT2D eigenvalue weighted by Crippen LogP contribution is 2.29. The van der Waals surface area contributed by atoms with Crippen molar-refractivity contribution >= 4 is 0 Å².